The highest BCUT2D eigenvalue weighted by Crippen LogP contribution is 2.35. The van der Waals surface area contributed by atoms with E-state index in [0.29, 0.717) is 29.0 Å². The van der Waals surface area contributed by atoms with Gasteiger partial charge in [0.1, 0.15) is 11.6 Å². The fourth-order valence-electron chi connectivity index (χ4n) is 2.78. The summed E-state index contributed by atoms with van der Waals surface area (Å²) in [6.07, 6.45) is 2.82. The molecule has 2 aromatic carbocycles. The van der Waals surface area contributed by atoms with Gasteiger partial charge in [-0.15, -0.1) is 0 Å². The van der Waals surface area contributed by atoms with Crippen LogP contribution in [-0.2, 0) is 6.54 Å². The van der Waals surface area contributed by atoms with E-state index in [-0.39, 0.29) is 11.5 Å². The van der Waals surface area contributed by atoms with Crippen LogP contribution in [0.1, 0.15) is 15.9 Å². The third-order valence-electron chi connectivity index (χ3n) is 3.86. The van der Waals surface area contributed by atoms with Crippen molar-refractivity contribution in [3.8, 4) is 22.5 Å². The van der Waals surface area contributed by atoms with E-state index in [9.17, 15) is 13.6 Å². The van der Waals surface area contributed by atoms with Crippen LogP contribution in [0, 0.1) is 11.6 Å². The second-order valence-corrected chi connectivity index (χ2v) is 5.22. The van der Waals surface area contributed by atoms with E-state index in [4.69, 9.17) is 4.42 Å². The fraction of sp³-hybridized carbons (Fsp3) is 0.0588. The van der Waals surface area contributed by atoms with Crippen LogP contribution < -0.4 is 5.32 Å². The topological polar surface area (TPSA) is 55.1 Å². The van der Waals surface area contributed by atoms with Gasteiger partial charge in [-0.2, -0.15) is 0 Å². The molecule has 0 saturated heterocycles. The lowest BCUT2D eigenvalue weighted by atomic mass is 9.94. The van der Waals surface area contributed by atoms with Gasteiger partial charge < -0.3 is 9.73 Å². The summed E-state index contributed by atoms with van der Waals surface area (Å²) in [6, 6.07) is 6.67. The maximum atomic E-state index is 14.1. The molecule has 0 aliphatic carbocycles. The van der Waals surface area contributed by atoms with E-state index in [1.165, 1.54) is 24.7 Å². The first kappa shape index (κ1) is 13.6. The first-order chi connectivity index (χ1) is 11.1. The number of amides is 1. The van der Waals surface area contributed by atoms with Crippen molar-refractivity contribution in [2.75, 3.05) is 0 Å². The molecule has 114 valence electrons. The maximum absolute atomic E-state index is 14.1. The fourth-order valence-corrected chi connectivity index (χ4v) is 2.78. The number of fused-ring (bicyclic) bond motifs is 1. The number of carbonyl (C=O) groups excluding carboxylic acids is 1. The quantitative estimate of drug-likeness (QED) is 0.787. The molecule has 3 aromatic rings. The number of oxazole rings is 1. The molecule has 1 aromatic heterocycles. The van der Waals surface area contributed by atoms with Crippen LogP contribution in [0.15, 0.2) is 47.3 Å². The molecule has 1 N–H and O–H groups in total. The Morgan fingerprint density at radius 3 is 2.65 bits per heavy atom. The zero-order valence-electron chi connectivity index (χ0n) is 11.8. The van der Waals surface area contributed by atoms with E-state index in [2.05, 4.69) is 10.3 Å². The molecule has 0 spiro atoms. The molecule has 0 radical (unpaired) electrons. The minimum atomic E-state index is -0.688. The molecule has 4 rings (SSSR count). The van der Waals surface area contributed by atoms with E-state index in [1.54, 1.807) is 12.1 Å². The Morgan fingerprint density at radius 2 is 1.91 bits per heavy atom. The van der Waals surface area contributed by atoms with E-state index in [1.807, 2.05) is 0 Å². The molecule has 0 fully saturated rings. The van der Waals surface area contributed by atoms with Crippen LogP contribution in [0.4, 0.5) is 8.78 Å². The van der Waals surface area contributed by atoms with Crippen molar-refractivity contribution in [2.24, 2.45) is 0 Å². The van der Waals surface area contributed by atoms with Crippen molar-refractivity contribution in [2.45, 2.75) is 6.54 Å². The van der Waals surface area contributed by atoms with Crippen LogP contribution in [0.2, 0.25) is 0 Å². The molecule has 4 nitrogen and oxygen atoms in total. The Hall–Kier alpha value is -3.02. The zero-order valence-corrected chi connectivity index (χ0v) is 11.8. The molecule has 0 saturated carbocycles. The second-order valence-electron chi connectivity index (χ2n) is 5.22. The Labute approximate surface area is 129 Å². The third kappa shape index (κ3) is 2.19. The monoisotopic (exact) mass is 312 g/mol. The number of hydrogen-bond acceptors (Lipinski definition) is 3. The van der Waals surface area contributed by atoms with Gasteiger partial charge in [0.25, 0.3) is 5.91 Å². The first-order valence-corrected chi connectivity index (χ1v) is 6.93. The SMILES string of the molecule is O=C1NCc2c1cc(-c1ccc(F)cc1F)cc2-c1cnco1. The molecule has 0 unspecified atom stereocenters. The highest BCUT2D eigenvalue weighted by atomic mass is 19.1. The molecule has 1 aliphatic rings. The summed E-state index contributed by atoms with van der Waals surface area (Å²) in [7, 11) is 0. The van der Waals surface area contributed by atoms with Crippen LogP contribution >= 0.6 is 0 Å². The predicted octanol–water partition coefficient (Wildman–Crippen LogP) is 3.53. The van der Waals surface area contributed by atoms with Crippen LogP contribution in [-0.4, -0.2) is 10.9 Å². The van der Waals surface area contributed by atoms with Crippen molar-refractivity contribution >= 4 is 5.91 Å². The van der Waals surface area contributed by atoms with Gasteiger partial charge in [-0.1, -0.05) is 0 Å². The Kier molecular flexibility index (Phi) is 2.97. The van der Waals surface area contributed by atoms with Crippen molar-refractivity contribution in [1.29, 1.82) is 0 Å². The average Bonchev–Trinajstić information content (AvgIpc) is 3.17. The zero-order chi connectivity index (χ0) is 16.0. The lowest BCUT2D eigenvalue weighted by Crippen LogP contribution is -2.12. The molecule has 0 bridgehead atoms. The number of hydrogen-bond donors (Lipinski definition) is 1. The molecular weight excluding hydrogens is 302 g/mol. The van der Waals surface area contributed by atoms with E-state index in [0.717, 1.165) is 11.6 Å². The van der Waals surface area contributed by atoms with Crippen molar-refractivity contribution in [3.05, 3.63) is 65.7 Å². The molecular formula is C17H10F2N2O2. The largest absolute Gasteiger partial charge is 0.444 e. The van der Waals surface area contributed by atoms with Crippen LogP contribution in [0.3, 0.4) is 0 Å². The molecule has 23 heavy (non-hydrogen) atoms. The van der Waals surface area contributed by atoms with E-state index < -0.39 is 11.6 Å². The molecule has 0 atom stereocenters. The lowest BCUT2D eigenvalue weighted by molar-refractivity contribution is 0.0966. The van der Waals surface area contributed by atoms with Gasteiger partial charge in [-0.05, 0) is 35.4 Å². The van der Waals surface area contributed by atoms with Crippen LogP contribution in [0.5, 0.6) is 0 Å². The van der Waals surface area contributed by atoms with Gasteiger partial charge in [0.05, 0.1) is 6.20 Å². The summed E-state index contributed by atoms with van der Waals surface area (Å²) in [6.45, 7) is 0.371. The highest BCUT2D eigenvalue weighted by Gasteiger charge is 2.25. The van der Waals surface area contributed by atoms with Gasteiger partial charge in [-0.3, -0.25) is 4.79 Å². The summed E-state index contributed by atoms with van der Waals surface area (Å²) < 4.78 is 32.5. The van der Waals surface area contributed by atoms with Gasteiger partial charge in [0.2, 0.25) is 0 Å². The number of nitrogens with one attached hydrogen (secondary N) is 1. The average molecular weight is 312 g/mol. The number of nitrogens with zero attached hydrogens (tertiary/aromatic N) is 1. The molecule has 1 aliphatic heterocycles. The second kappa shape index (κ2) is 5.01. The maximum Gasteiger partial charge on any atom is 0.251 e. The first-order valence-electron chi connectivity index (χ1n) is 6.93. The summed E-state index contributed by atoms with van der Waals surface area (Å²) >= 11 is 0. The minimum absolute atomic E-state index is 0.217. The third-order valence-corrected chi connectivity index (χ3v) is 3.86. The molecule has 1 amide bonds. The lowest BCUT2D eigenvalue weighted by Gasteiger charge is -2.10. The Balaban J connectivity index is 1.97. The Bertz CT molecular complexity index is 921. The van der Waals surface area contributed by atoms with Crippen molar-refractivity contribution in [1.82, 2.24) is 10.3 Å². The summed E-state index contributed by atoms with van der Waals surface area (Å²) in [5.74, 6) is -1.08. The van der Waals surface area contributed by atoms with Gasteiger partial charge in [-0.25, -0.2) is 13.8 Å². The van der Waals surface area contributed by atoms with Crippen molar-refractivity contribution < 1.29 is 18.0 Å². The van der Waals surface area contributed by atoms with Gasteiger partial charge in [0.15, 0.2) is 12.2 Å². The number of rotatable bonds is 2. The molecule has 2 heterocycles. The van der Waals surface area contributed by atoms with E-state index >= 15 is 0 Å². The smallest absolute Gasteiger partial charge is 0.251 e. The number of halogens is 2. The standard InChI is InChI=1S/C17H10F2N2O2/c18-10-1-2-11(15(19)5-10)9-3-12(16-7-20-8-23-16)14-6-21-17(22)13(14)4-9/h1-5,7-8H,6H2,(H,21,22). The summed E-state index contributed by atoms with van der Waals surface area (Å²) in [4.78, 5) is 15.9. The van der Waals surface area contributed by atoms with Gasteiger partial charge >= 0.3 is 0 Å². The number of aromatic nitrogens is 1. The highest BCUT2D eigenvalue weighted by molar-refractivity contribution is 6.01. The van der Waals surface area contributed by atoms with Crippen molar-refractivity contribution in [3.63, 3.8) is 0 Å². The Morgan fingerprint density at radius 1 is 1.09 bits per heavy atom. The predicted molar refractivity (Wildman–Crippen MR) is 78.5 cm³/mol. The van der Waals surface area contributed by atoms with Gasteiger partial charge in [0, 0.05) is 29.3 Å². The summed E-state index contributed by atoms with van der Waals surface area (Å²) in [5.41, 5.74) is 2.59. The molecule has 6 heteroatoms. The normalized spacial score (nSPS) is 13.0. The van der Waals surface area contributed by atoms with Crippen LogP contribution in [0.25, 0.3) is 22.5 Å². The minimum Gasteiger partial charge on any atom is -0.444 e. The number of benzene rings is 2. The number of carbonyl (C=O) groups is 1. The summed E-state index contributed by atoms with van der Waals surface area (Å²) in [5, 5.41) is 2.73.